The van der Waals surface area contributed by atoms with Crippen molar-refractivity contribution >= 4 is 45.6 Å². The number of imidazole rings is 1. The van der Waals surface area contributed by atoms with E-state index in [0.29, 0.717) is 22.4 Å². The number of benzene rings is 2. The van der Waals surface area contributed by atoms with Crippen LogP contribution >= 0.6 is 11.6 Å². The number of likely N-dealkylation sites (tertiary alicyclic amines) is 1. The van der Waals surface area contributed by atoms with Crippen LogP contribution in [0.5, 0.6) is 0 Å². The van der Waals surface area contributed by atoms with Gasteiger partial charge in [-0.2, -0.15) is 0 Å². The van der Waals surface area contributed by atoms with Crippen LogP contribution in [0.15, 0.2) is 60.9 Å². The normalized spacial score (nSPS) is 16.9. The lowest BCUT2D eigenvalue weighted by Gasteiger charge is -2.21. The second-order valence-corrected chi connectivity index (χ2v) is 13.2. The SMILES string of the molecule is Cc1c(Nc2nccc3cc(CN4CCC(C)C4)cnc23)cccc1-c1cccc(NC(=O)c2nc3c(n2C)CCN(C)C3)c1Cl. The fourth-order valence-electron chi connectivity index (χ4n) is 6.78. The predicted octanol–water partition coefficient (Wildman–Crippen LogP) is 6.82. The lowest BCUT2D eigenvalue weighted by atomic mass is 9.98. The van der Waals surface area contributed by atoms with Crippen molar-refractivity contribution in [2.24, 2.45) is 13.0 Å². The molecular weight excluding hydrogens is 596 g/mol. The first-order valence-corrected chi connectivity index (χ1v) is 16.3. The monoisotopic (exact) mass is 634 g/mol. The summed E-state index contributed by atoms with van der Waals surface area (Å²) < 4.78 is 1.90. The minimum atomic E-state index is -0.279. The molecule has 46 heavy (non-hydrogen) atoms. The molecule has 10 heteroatoms. The van der Waals surface area contributed by atoms with Gasteiger partial charge in [-0.15, -0.1) is 0 Å². The molecule has 2 aromatic carbocycles. The second-order valence-electron chi connectivity index (χ2n) is 12.8. The van der Waals surface area contributed by atoms with Gasteiger partial charge in [0.15, 0.2) is 11.6 Å². The summed E-state index contributed by atoms with van der Waals surface area (Å²) in [5.41, 5.74) is 8.34. The number of aromatic nitrogens is 4. The zero-order valence-corrected chi connectivity index (χ0v) is 27.5. The highest BCUT2D eigenvalue weighted by atomic mass is 35.5. The van der Waals surface area contributed by atoms with E-state index in [0.717, 1.165) is 89.7 Å². The van der Waals surface area contributed by atoms with E-state index in [2.05, 4.69) is 57.4 Å². The minimum absolute atomic E-state index is 0.279. The zero-order chi connectivity index (χ0) is 31.9. The van der Waals surface area contributed by atoms with E-state index < -0.39 is 0 Å². The van der Waals surface area contributed by atoms with E-state index in [1.54, 1.807) is 0 Å². The van der Waals surface area contributed by atoms with Crippen LogP contribution in [0.2, 0.25) is 5.02 Å². The van der Waals surface area contributed by atoms with Crippen LogP contribution < -0.4 is 10.6 Å². The number of amides is 1. The zero-order valence-electron chi connectivity index (χ0n) is 26.8. The number of anilines is 3. The van der Waals surface area contributed by atoms with E-state index in [4.69, 9.17) is 16.6 Å². The Morgan fingerprint density at radius 3 is 2.65 bits per heavy atom. The number of rotatable bonds is 7. The highest BCUT2D eigenvalue weighted by molar-refractivity contribution is 6.36. The molecule has 5 aromatic rings. The molecule has 2 N–H and O–H groups in total. The maximum atomic E-state index is 13.4. The number of nitrogens with one attached hydrogen (secondary N) is 2. The van der Waals surface area contributed by atoms with Gasteiger partial charge in [0.05, 0.1) is 16.4 Å². The van der Waals surface area contributed by atoms with Crippen LogP contribution in [0.3, 0.4) is 0 Å². The molecule has 5 heterocycles. The largest absolute Gasteiger partial charge is 0.338 e. The third-order valence-electron chi connectivity index (χ3n) is 9.34. The van der Waals surface area contributed by atoms with Crippen LogP contribution in [0.1, 0.15) is 46.5 Å². The van der Waals surface area contributed by atoms with Crippen LogP contribution in [0.4, 0.5) is 17.2 Å². The molecule has 236 valence electrons. The molecule has 1 saturated heterocycles. The van der Waals surface area contributed by atoms with Crippen molar-refractivity contribution in [3.05, 3.63) is 94.3 Å². The van der Waals surface area contributed by atoms with Gasteiger partial charge in [-0.1, -0.05) is 42.8 Å². The van der Waals surface area contributed by atoms with Crippen molar-refractivity contribution in [2.75, 3.05) is 37.3 Å². The Hall–Kier alpha value is -4.31. The highest BCUT2D eigenvalue weighted by Gasteiger charge is 2.25. The average Bonchev–Trinajstić information content (AvgIpc) is 3.60. The topological polar surface area (TPSA) is 91.2 Å². The molecule has 2 aliphatic rings. The smallest absolute Gasteiger partial charge is 0.291 e. The number of carbonyl (C=O) groups is 1. The predicted molar refractivity (Wildman–Crippen MR) is 185 cm³/mol. The molecule has 0 aliphatic carbocycles. The number of likely N-dealkylation sites (N-methyl/N-ethyl adjacent to an activating group) is 1. The van der Waals surface area contributed by atoms with Gasteiger partial charge in [-0.25, -0.2) is 9.97 Å². The van der Waals surface area contributed by atoms with Crippen molar-refractivity contribution < 1.29 is 4.79 Å². The van der Waals surface area contributed by atoms with Crippen LogP contribution in [0.25, 0.3) is 22.0 Å². The summed E-state index contributed by atoms with van der Waals surface area (Å²) in [5.74, 6) is 1.56. The van der Waals surface area contributed by atoms with Gasteiger partial charge in [-0.05, 0) is 73.8 Å². The summed E-state index contributed by atoms with van der Waals surface area (Å²) in [5, 5.41) is 8.08. The molecule has 9 nitrogen and oxygen atoms in total. The molecule has 0 saturated carbocycles. The van der Waals surface area contributed by atoms with E-state index in [1.165, 1.54) is 12.0 Å². The maximum absolute atomic E-state index is 13.4. The van der Waals surface area contributed by atoms with E-state index in [1.807, 2.05) is 66.5 Å². The number of fused-ring (bicyclic) bond motifs is 2. The second kappa shape index (κ2) is 12.5. The molecule has 1 unspecified atom stereocenters. The van der Waals surface area contributed by atoms with Crippen LogP contribution in [-0.2, 0) is 26.6 Å². The van der Waals surface area contributed by atoms with Crippen molar-refractivity contribution in [1.82, 2.24) is 29.3 Å². The first kappa shape index (κ1) is 30.3. The first-order chi connectivity index (χ1) is 22.2. The Kier molecular flexibility index (Phi) is 8.23. The Morgan fingerprint density at radius 1 is 1.04 bits per heavy atom. The molecule has 1 amide bonds. The Labute approximate surface area is 274 Å². The standard InChI is InChI=1S/C36H39ClN8O/c1-22-12-16-45(19-22)20-24-17-25-11-14-38-34(33(25)39-18-24)40-28-9-5-7-26(23(28)2)27-8-6-10-29(32(27)37)42-36(46)35-41-30-21-43(3)15-13-31(30)44(35)4/h5-11,14,17-18,22H,12-13,15-16,19-21H2,1-4H3,(H,38,40)(H,42,46). The summed E-state index contributed by atoms with van der Waals surface area (Å²) in [7, 11) is 3.97. The molecule has 1 fully saturated rings. The summed E-state index contributed by atoms with van der Waals surface area (Å²) >= 11 is 6.99. The molecule has 1 atom stereocenters. The van der Waals surface area contributed by atoms with Gasteiger partial charge < -0.3 is 20.1 Å². The Bertz CT molecular complexity index is 1950. The Morgan fingerprint density at radius 2 is 1.85 bits per heavy atom. The van der Waals surface area contributed by atoms with E-state index in [9.17, 15) is 4.79 Å². The maximum Gasteiger partial charge on any atom is 0.291 e. The number of carbonyl (C=O) groups excluding carboxylic acids is 1. The molecule has 0 spiro atoms. The van der Waals surface area contributed by atoms with Gasteiger partial charge in [0.2, 0.25) is 0 Å². The van der Waals surface area contributed by atoms with Gasteiger partial charge in [-0.3, -0.25) is 14.7 Å². The summed E-state index contributed by atoms with van der Waals surface area (Å²) in [6.45, 7) is 9.25. The number of nitrogens with zero attached hydrogens (tertiary/aromatic N) is 6. The minimum Gasteiger partial charge on any atom is -0.338 e. The number of hydrogen-bond acceptors (Lipinski definition) is 7. The third kappa shape index (κ3) is 5.86. The lowest BCUT2D eigenvalue weighted by molar-refractivity contribution is 0.101. The van der Waals surface area contributed by atoms with Crippen molar-refractivity contribution in [3.63, 3.8) is 0 Å². The van der Waals surface area contributed by atoms with Gasteiger partial charge in [0.1, 0.15) is 5.52 Å². The van der Waals surface area contributed by atoms with Crippen molar-refractivity contribution in [3.8, 4) is 11.1 Å². The van der Waals surface area contributed by atoms with Gasteiger partial charge in [0.25, 0.3) is 5.91 Å². The van der Waals surface area contributed by atoms with Crippen molar-refractivity contribution in [2.45, 2.75) is 39.8 Å². The summed E-state index contributed by atoms with van der Waals surface area (Å²) in [6.07, 6.45) is 5.92. The fraction of sp³-hybridized carbons (Fsp3) is 0.333. The first-order valence-electron chi connectivity index (χ1n) is 15.9. The number of hydrogen-bond donors (Lipinski definition) is 2. The Balaban J connectivity index is 1.13. The molecule has 2 aliphatic heterocycles. The quantitative estimate of drug-likeness (QED) is 0.203. The molecular formula is C36H39ClN8O. The fourth-order valence-corrected chi connectivity index (χ4v) is 7.05. The number of halogens is 1. The third-order valence-corrected chi connectivity index (χ3v) is 9.75. The van der Waals surface area contributed by atoms with E-state index >= 15 is 0 Å². The summed E-state index contributed by atoms with van der Waals surface area (Å²) in [4.78, 5) is 32.3. The molecule has 0 bridgehead atoms. The van der Waals surface area contributed by atoms with Crippen molar-refractivity contribution in [1.29, 1.82) is 0 Å². The van der Waals surface area contributed by atoms with Gasteiger partial charge in [0, 0.05) is 74.4 Å². The molecule has 3 aromatic heterocycles. The summed E-state index contributed by atoms with van der Waals surface area (Å²) in [6, 6.07) is 16.0. The molecule has 0 radical (unpaired) electrons. The van der Waals surface area contributed by atoms with Crippen LogP contribution in [0, 0.1) is 12.8 Å². The van der Waals surface area contributed by atoms with Gasteiger partial charge >= 0.3 is 0 Å². The van der Waals surface area contributed by atoms with E-state index in [-0.39, 0.29) is 5.91 Å². The highest BCUT2D eigenvalue weighted by Crippen LogP contribution is 2.38. The molecule has 7 rings (SSSR count). The number of pyridine rings is 2. The lowest BCUT2D eigenvalue weighted by Crippen LogP contribution is -2.27. The van der Waals surface area contributed by atoms with Crippen LogP contribution in [-0.4, -0.2) is 61.9 Å². The average molecular weight is 635 g/mol.